The molecule has 17 heavy (non-hydrogen) atoms. The molecule has 0 saturated heterocycles. The smallest absolute Gasteiger partial charge is 0.0571 e. The summed E-state index contributed by atoms with van der Waals surface area (Å²) < 4.78 is 1.91. The van der Waals surface area contributed by atoms with Crippen molar-refractivity contribution in [3.8, 4) is 11.1 Å². The van der Waals surface area contributed by atoms with Crippen molar-refractivity contribution in [1.29, 1.82) is 0 Å². The van der Waals surface area contributed by atoms with E-state index < -0.39 is 0 Å². The van der Waals surface area contributed by atoms with Gasteiger partial charge in [0.1, 0.15) is 0 Å². The van der Waals surface area contributed by atoms with Crippen molar-refractivity contribution in [1.82, 2.24) is 15.1 Å². The highest BCUT2D eigenvalue weighted by Crippen LogP contribution is 2.25. The summed E-state index contributed by atoms with van der Waals surface area (Å²) in [6.07, 6.45) is 1.93. The van der Waals surface area contributed by atoms with E-state index in [1.54, 1.807) is 0 Å². The first-order chi connectivity index (χ1) is 8.13. The molecular weight excluding hydrogens is 210 g/mol. The first-order valence-electron chi connectivity index (χ1n) is 5.89. The predicted molar refractivity (Wildman–Crippen MR) is 70.9 cm³/mol. The molecule has 1 unspecified atom stereocenters. The summed E-state index contributed by atoms with van der Waals surface area (Å²) in [7, 11) is 3.95. The normalized spacial score (nSPS) is 12.7. The zero-order valence-electron chi connectivity index (χ0n) is 10.9. The van der Waals surface area contributed by atoms with Crippen molar-refractivity contribution in [2.75, 3.05) is 7.05 Å². The zero-order valence-corrected chi connectivity index (χ0v) is 10.9. The summed E-state index contributed by atoms with van der Waals surface area (Å²) in [4.78, 5) is 0. The van der Waals surface area contributed by atoms with Gasteiger partial charge in [-0.2, -0.15) is 5.10 Å². The Morgan fingerprint density at radius 1 is 1.35 bits per heavy atom. The van der Waals surface area contributed by atoms with Gasteiger partial charge in [-0.15, -0.1) is 0 Å². The predicted octanol–water partition coefficient (Wildman–Crippen LogP) is 2.68. The van der Waals surface area contributed by atoms with E-state index in [2.05, 4.69) is 48.5 Å². The average molecular weight is 229 g/mol. The molecule has 1 aromatic carbocycles. The summed E-state index contributed by atoms with van der Waals surface area (Å²) in [5.74, 6) is 0. The van der Waals surface area contributed by atoms with Crippen LogP contribution in [0, 0.1) is 6.92 Å². The summed E-state index contributed by atoms with van der Waals surface area (Å²) in [6, 6.07) is 8.98. The van der Waals surface area contributed by atoms with Crippen LogP contribution in [-0.2, 0) is 7.05 Å². The standard InChI is InChI=1S/C14H19N3/c1-10(15-3)12-6-5-7-13(8-12)14-9-16-17(4)11(14)2/h5-10,15H,1-4H3. The van der Waals surface area contributed by atoms with Crippen LogP contribution in [0.1, 0.15) is 24.2 Å². The first-order valence-corrected chi connectivity index (χ1v) is 5.89. The van der Waals surface area contributed by atoms with E-state index in [-0.39, 0.29) is 0 Å². The van der Waals surface area contributed by atoms with Crippen molar-refractivity contribution in [3.05, 3.63) is 41.7 Å². The molecule has 0 aliphatic rings. The lowest BCUT2D eigenvalue weighted by Crippen LogP contribution is -2.12. The molecule has 0 fully saturated rings. The highest BCUT2D eigenvalue weighted by molar-refractivity contribution is 5.66. The third-order valence-corrected chi connectivity index (χ3v) is 3.37. The SMILES string of the molecule is CNC(C)c1cccc(-c2cnn(C)c2C)c1. The fourth-order valence-electron chi connectivity index (χ4n) is 1.92. The minimum absolute atomic E-state index is 0.368. The van der Waals surface area contributed by atoms with Crippen molar-refractivity contribution in [2.45, 2.75) is 19.9 Å². The molecule has 0 aliphatic carbocycles. The lowest BCUT2D eigenvalue weighted by atomic mass is 10.0. The van der Waals surface area contributed by atoms with E-state index in [9.17, 15) is 0 Å². The highest BCUT2D eigenvalue weighted by Gasteiger charge is 2.08. The maximum absolute atomic E-state index is 4.29. The van der Waals surface area contributed by atoms with E-state index in [1.165, 1.54) is 22.4 Å². The van der Waals surface area contributed by atoms with Crippen LogP contribution < -0.4 is 5.32 Å². The molecular formula is C14H19N3. The van der Waals surface area contributed by atoms with E-state index in [0.29, 0.717) is 6.04 Å². The van der Waals surface area contributed by atoms with Crippen LogP contribution in [0.3, 0.4) is 0 Å². The number of benzene rings is 1. The van der Waals surface area contributed by atoms with Gasteiger partial charge in [-0.1, -0.05) is 18.2 Å². The second-order valence-electron chi connectivity index (χ2n) is 4.40. The molecule has 1 aromatic heterocycles. The Bertz CT molecular complexity index is 514. The summed E-state index contributed by atoms with van der Waals surface area (Å²) >= 11 is 0. The molecule has 3 heteroatoms. The Morgan fingerprint density at radius 2 is 2.12 bits per heavy atom. The molecule has 2 rings (SSSR count). The topological polar surface area (TPSA) is 29.9 Å². The summed E-state index contributed by atoms with van der Waals surface area (Å²) in [5, 5.41) is 7.55. The lowest BCUT2D eigenvalue weighted by Gasteiger charge is -2.11. The van der Waals surface area contributed by atoms with Gasteiger partial charge in [0, 0.05) is 24.3 Å². The van der Waals surface area contributed by atoms with Crippen LogP contribution in [-0.4, -0.2) is 16.8 Å². The molecule has 3 nitrogen and oxygen atoms in total. The molecule has 0 spiro atoms. The minimum Gasteiger partial charge on any atom is -0.313 e. The van der Waals surface area contributed by atoms with Gasteiger partial charge in [0.15, 0.2) is 0 Å². The van der Waals surface area contributed by atoms with E-state index in [0.717, 1.165) is 0 Å². The monoisotopic (exact) mass is 229 g/mol. The lowest BCUT2D eigenvalue weighted by molar-refractivity contribution is 0.652. The fraction of sp³-hybridized carbons (Fsp3) is 0.357. The van der Waals surface area contributed by atoms with Crippen LogP contribution in [0.5, 0.6) is 0 Å². The van der Waals surface area contributed by atoms with E-state index in [4.69, 9.17) is 0 Å². The quantitative estimate of drug-likeness (QED) is 0.877. The van der Waals surface area contributed by atoms with E-state index >= 15 is 0 Å². The fourth-order valence-corrected chi connectivity index (χ4v) is 1.92. The van der Waals surface area contributed by atoms with Gasteiger partial charge in [-0.3, -0.25) is 4.68 Å². The second kappa shape index (κ2) is 4.72. The van der Waals surface area contributed by atoms with E-state index in [1.807, 2.05) is 25.0 Å². The van der Waals surface area contributed by atoms with Crippen LogP contribution >= 0.6 is 0 Å². The van der Waals surface area contributed by atoms with Gasteiger partial charge in [0.25, 0.3) is 0 Å². The van der Waals surface area contributed by atoms with Crippen molar-refractivity contribution in [3.63, 3.8) is 0 Å². The molecule has 1 N–H and O–H groups in total. The molecule has 0 saturated carbocycles. The van der Waals surface area contributed by atoms with Gasteiger partial charge in [-0.25, -0.2) is 0 Å². The molecule has 0 radical (unpaired) electrons. The largest absolute Gasteiger partial charge is 0.313 e. The van der Waals surface area contributed by atoms with Gasteiger partial charge < -0.3 is 5.32 Å². The molecule has 2 aromatic rings. The zero-order chi connectivity index (χ0) is 12.4. The first kappa shape index (κ1) is 11.9. The Labute approximate surface area is 102 Å². The van der Waals surface area contributed by atoms with Gasteiger partial charge in [0.05, 0.1) is 6.20 Å². The summed E-state index contributed by atoms with van der Waals surface area (Å²) in [6.45, 7) is 4.26. The number of nitrogens with zero attached hydrogens (tertiary/aromatic N) is 2. The number of aryl methyl sites for hydroxylation is 1. The number of aromatic nitrogens is 2. The van der Waals surface area contributed by atoms with Gasteiger partial charge >= 0.3 is 0 Å². The minimum atomic E-state index is 0.368. The second-order valence-corrected chi connectivity index (χ2v) is 4.40. The van der Waals surface area contributed by atoms with Crippen LogP contribution in [0.25, 0.3) is 11.1 Å². The molecule has 1 atom stereocenters. The molecule has 0 bridgehead atoms. The Hall–Kier alpha value is -1.61. The van der Waals surface area contributed by atoms with Crippen LogP contribution in [0.4, 0.5) is 0 Å². The third kappa shape index (κ3) is 2.24. The number of hydrogen-bond donors (Lipinski definition) is 1. The Kier molecular flexibility index (Phi) is 3.29. The molecule has 0 amide bonds. The van der Waals surface area contributed by atoms with Crippen molar-refractivity contribution < 1.29 is 0 Å². The number of rotatable bonds is 3. The van der Waals surface area contributed by atoms with Crippen LogP contribution in [0.2, 0.25) is 0 Å². The molecule has 0 aliphatic heterocycles. The molecule has 1 heterocycles. The van der Waals surface area contributed by atoms with Gasteiger partial charge in [0.2, 0.25) is 0 Å². The number of hydrogen-bond acceptors (Lipinski definition) is 2. The Morgan fingerprint density at radius 3 is 2.71 bits per heavy atom. The number of nitrogens with one attached hydrogen (secondary N) is 1. The van der Waals surface area contributed by atoms with Crippen molar-refractivity contribution in [2.24, 2.45) is 7.05 Å². The van der Waals surface area contributed by atoms with Crippen LogP contribution in [0.15, 0.2) is 30.5 Å². The highest BCUT2D eigenvalue weighted by atomic mass is 15.3. The average Bonchev–Trinajstić information content (AvgIpc) is 2.69. The maximum Gasteiger partial charge on any atom is 0.0571 e. The Balaban J connectivity index is 2.43. The maximum atomic E-state index is 4.29. The van der Waals surface area contributed by atoms with Crippen molar-refractivity contribution >= 4 is 0 Å². The molecule has 90 valence electrons. The third-order valence-electron chi connectivity index (χ3n) is 3.37. The van der Waals surface area contributed by atoms with Gasteiger partial charge in [-0.05, 0) is 38.1 Å². The summed E-state index contributed by atoms with van der Waals surface area (Å²) in [5.41, 5.74) is 4.93.